The lowest BCUT2D eigenvalue weighted by molar-refractivity contribution is -0.0710. The molecule has 1 N–H and O–H groups in total. The maximum atomic E-state index is 6.14. The van der Waals surface area contributed by atoms with Crippen molar-refractivity contribution >= 4 is 23.4 Å². The number of thioether (sulfide) groups is 1. The van der Waals surface area contributed by atoms with E-state index < -0.39 is 0 Å². The third-order valence-corrected chi connectivity index (χ3v) is 5.74. The van der Waals surface area contributed by atoms with E-state index in [0.717, 1.165) is 18.0 Å². The molecule has 1 unspecified atom stereocenters. The minimum Gasteiger partial charge on any atom is -0.377 e. The summed E-state index contributed by atoms with van der Waals surface area (Å²) in [5, 5.41) is 4.53. The Bertz CT molecular complexity index is 456. The number of nitrogens with one attached hydrogen (secondary N) is 1. The SMILES string of the molecule is COC1(CNC2CCSc3ccc(Cl)cc32)CCC1. The molecule has 1 heterocycles. The van der Waals surface area contributed by atoms with Crippen molar-refractivity contribution in [2.75, 3.05) is 19.4 Å². The number of ether oxygens (including phenoxy) is 1. The second-order valence-electron chi connectivity index (χ2n) is 5.49. The van der Waals surface area contributed by atoms with Crippen LogP contribution < -0.4 is 5.32 Å². The predicted molar refractivity (Wildman–Crippen MR) is 81.1 cm³/mol. The smallest absolute Gasteiger partial charge is 0.0802 e. The molecular weight excluding hydrogens is 278 g/mol. The fourth-order valence-electron chi connectivity index (χ4n) is 2.91. The first-order chi connectivity index (χ1) is 9.22. The highest BCUT2D eigenvalue weighted by atomic mass is 35.5. The molecule has 4 heteroatoms. The second-order valence-corrected chi connectivity index (χ2v) is 7.07. The summed E-state index contributed by atoms with van der Waals surface area (Å²) in [5.41, 5.74) is 1.44. The molecule has 1 fully saturated rings. The maximum Gasteiger partial charge on any atom is 0.0802 e. The molecule has 19 heavy (non-hydrogen) atoms. The molecule has 2 aliphatic rings. The average molecular weight is 298 g/mol. The summed E-state index contributed by atoms with van der Waals surface area (Å²) >= 11 is 8.07. The van der Waals surface area contributed by atoms with Crippen molar-refractivity contribution in [1.29, 1.82) is 0 Å². The third-order valence-electron chi connectivity index (χ3n) is 4.38. The highest BCUT2D eigenvalue weighted by molar-refractivity contribution is 7.99. The van der Waals surface area contributed by atoms with Crippen molar-refractivity contribution in [3.05, 3.63) is 28.8 Å². The first kappa shape index (κ1) is 13.7. The molecule has 0 saturated heterocycles. The number of rotatable bonds is 4. The highest BCUT2D eigenvalue weighted by Gasteiger charge is 2.37. The lowest BCUT2D eigenvalue weighted by Crippen LogP contribution is -2.49. The van der Waals surface area contributed by atoms with Crippen LogP contribution in [-0.2, 0) is 4.74 Å². The minimum absolute atomic E-state index is 0.0866. The van der Waals surface area contributed by atoms with Gasteiger partial charge in [-0.3, -0.25) is 0 Å². The molecule has 1 aromatic carbocycles. The minimum atomic E-state index is 0.0866. The van der Waals surface area contributed by atoms with Crippen molar-refractivity contribution in [2.45, 2.75) is 42.2 Å². The Morgan fingerprint density at radius 1 is 1.47 bits per heavy atom. The molecule has 0 bridgehead atoms. The van der Waals surface area contributed by atoms with Crippen LogP contribution in [0.3, 0.4) is 0 Å². The van der Waals surface area contributed by atoms with Crippen LogP contribution in [0.2, 0.25) is 5.02 Å². The van der Waals surface area contributed by atoms with Gasteiger partial charge in [0.15, 0.2) is 0 Å². The number of fused-ring (bicyclic) bond motifs is 1. The zero-order valence-corrected chi connectivity index (χ0v) is 12.8. The Morgan fingerprint density at radius 3 is 3.00 bits per heavy atom. The van der Waals surface area contributed by atoms with Gasteiger partial charge in [-0.15, -0.1) is 11.8 Å². The Kier molecular flexibility index (Phi) is 4.08. The van der Waals surface area contributed by atoms with E-state index in [1.54, 1.807) is 0 Å². The lowest BCUT2D eigenvalue weighted by atomic mass is 9.79. The molecule has 2 nitrogen and oxygen atoms in total. The normalized spacial score (nSPS) is 24.6. The first-order valence-corrected chi connectivity index (χ1v) is 8.30. The summed E-state index contributed by atoms with van der Waals surface area (Å²) in [6.07, 6.45) is 4.82. The number of benzene rings is 1. The molecule has 1 saturated carbocycles. The summed E-state index contributed by atoms with van der Waals surface area (Å²) in [6.45, 7) is 0.949. The van der Waals surface area contributed by atoms with Crippen molar-refractivity contribution in [2.24, 2.45) is 0 Å². The monoisotopic (exact) mass is 297 g/mol. The van der Waals surface area contributed by atoms with E-state index >= 15 is 0 Å². The number of hydrogen-bond acceptors (Lipinski definition) is 3. The summed E-state index contributed by atoms with van der Waals surface area (Å²) in [5.74, 6) is 1.17. The van der Waals surface area contributed by atoms with Crippen molar-refractivity contribution in [3.8, 4) is 0 Å². The van der Waals surface area contributed by atoms with Gasteiger partial charge >= 0.3 is 0 Å². The fraction of sp³-hybridized carbons (Fsp3) is 0.600. The van der Waals surface area contributed by atoms with Gasteiger partial charge in [-0.2, -0.15) is 0 Å². The van der Waals surface area contributed by atoms with Crippen LogP contribution in [0.15, 0.2) is 23.1 Å². The van der Waals surface area contributed by atoms with E-state index in [1.807, 2.05) is 24.9 Å². The molecule has 1 atom stereocenters. The average Bonchev–Trinajstić information content (AvgIpc) is 2.38. The molecule has 0 radical (unpaired) electrons. The van der Waals surface area contributed by atoms with Crippen LogP contribution in [0.5, 0.6) is 0 Å². The van der Waals surface area contributed by atoms with Gasteiger partial charge in [0.1, 0.15) is 0 Å². The number of halogens is 1. The van der Waals surface area contributed by atoms with Gasteiger partial charge in [-0.25, -0.2) is 0 Å². The molecule has 1 aromatic rings. The predicted octanol–water partition coefficient (Wildman–Crippen LogP) is 4.04. The Morgan fingerprint density at radius 2 is 2.32 bits per heavy atom. The van der Waals surface area contributed by atoms with E-state index in [1.165, 1.54) is 35.5 Å². The van der Waals surface area contributed by atoms with Gasteiger partial charge in [0.2, 0.25) is 0 Å². The topological polar surface area (TPSA) is 21.3 Å². The molecule has 0 spiro atoms. The zero-order valence-electron chi connectivity index (χ0n) is 11.2. The molecule has 0 aromatic heterocycles. The van der Waals surface area contributed by atoms with E-state index in [-0.39, 0.29) is 5.60 Å². The molecule has 3 rings (SSSR count). The zero-order chi connectivity index (χ0) is 13.3. The van der Waals surface area contributed by atoms with E-state index in [4.69, 9.17) is 16.3 Å². The molecule has 1 aliphatic carbocycles. The molecule has 1 aliphatic heterocycles. The van der Waals surface area contributed by atoms with Gasteiger partial charge in [0, 0.05) is 29.6 Å². The van der Waals surface area contributed by atoms with Crippen molar-refractivity contribution < 1.29 is 4.74 Å². The van der Waals surface area contributed by atoms with Crippen molar-refractivity contribution in [1.82, 2.24) is 5.32 Å². The van der Waals surface area contributed by atoms with Gasteiger partial charge in [0.25, 0.3) is 0 Å². The van der Waals surface area contributed by atoms with Crippen LogP contribution in [0, 0.1) is 0 Å². The standard InChI is InChI=1S/C15H20ClNOS/c1-18-15(6-2-7-15)10-17-13-5-8-19-14-4-3-11(16)9-12(13)14/h3-4,9,13,17H,2,5-8,10H2,1H3. The largest absolute Gasteiger partial charge is 0.377 e. The maximum absolute atomic E-state index is 6.14. The summed E-state index contributed by atoms with van der Waals surface area (Å²) < 4.78 is 5.68. The van der Waals surface area contributed by atoms with E-state index in [2.05, 4.69) is 17.4 Å². The molecular formula is C15H20ClNOS. The van der Waals surface area contributed by atoms with Gasteiger partial charge in [-0.1, -0.05) is 11.6 Å². The third kappa shape index (κ3) is 2.80. The fourth-order valence-corrected chi connectivity index (χ4v) is 4.20. The summed E-state index contributed by atoms with van der Waals surface area (Å²) in [4.78, 5) is 1.37. The number of hydrogen-bond donors (Lipinski definition) is 1. The first-order valence-electron chi connectivity index (χ1n) is 6.93. The van der Waals surface area contributed by atoms with Crippen LogP contribution in [0.25, 0.3) is 0 Å². The van der Waals surface area contributed by atoms with Crippen LogP contribution >= 0.6 is 23.4 Å². The van der Waals surface area contributed by atoms with Crippen molar-refractivity contribution in [3.63, 3.8) is 0 Å². The van der Waals surface area contributed by atoms with Crippen LogP contribution in [-0.4, -0.2) is 25.0 Å². The van der Waals surface area contributed by atoms with Gasteiger partial charge < -0.3 is 10.1 Å². The Balaban J connectivity index is 1.71. The quantitative estimate of drug-likeness (QED) is 0.906. The van der Waals surface area contributed by atoms with E-state index in [0.29, 0.717) is 6.04 Å². The summed E-state index contributed by atoms with van der Waals surface area (Å²) in [6, 6.07) is 6.66. The van der Waals surface area contributed by atoms with Crippen LogP contribution in [0.4, 0.5) is 0 Å². The molecule has 0 amide bonds. The number of methoxy groups -OCH3 is 1. The lowest BCUT2D eigenvalue weighted by Gasteiger charge is -2.42. The Hall–Kier alpha value is -0.220. The summed E-state index contributed by atoms with van der Waals surface area (Å²) in [7, 11) is 1.84. The van der Waals surface area contributed by atoms with E-state index in [9.17, 15) is 0 Å². The van der Waals surface area contributed by atoms with Crippen LogP contribution in [0.1, 0.15) is 37.3 Å². The molecule has 104 valence electrons. The second kappa shape index (κ2) is 5.65. The highest BCUT2D eigenvalue weighted by Crippen LogP contribution is 2.39. The Labute approximate surface area is 124 Å². The van der Waals surface area contributed by atoms with Gasteiger partial charge in [-0.05, 0) is 55.2 Å². The van der Waals surface area contributed by atoms with Gasteiger partial charge in [0.05, 0.1) is 5.60 Å².